The second-order valence-electron chi connectivity index (χ2n) is 3.93. The third-order valence-corrected chi connectivity index (χ3v) is 2.91. The van der Waals surface area contributed by atoms with Gasteiger partial charge in [-0.05, 0) is 18.9 Å². The average Bonchev–Trinajstić information content (AvgIpc) is 2.29. The summed E-state index contributed by atoms with van der Waals surface area (Å²) in [5, 5.41) is 9.86. The Morgan fingerprint density at radius 1 is 1.47 bits per heavy atom. The van der Waals surface area contributed by atoms with Crippen LogP contribution in [-0.2, 0) is 0 Å². The average molecular weight is 203 g/mol. The van der Waals surface area contributed by atoms with Gasteiger partial charge in [-0.3, -0.25) is 0 Å². The topological polar surface area (TPSA) is 23.5 Å². The summed E-state index contributed by atoms with van der Waals surface area (Å²) in [4.78, 5) is 2.32. The van der Waals surface area contributed by atoms with E-state index in [2.05, 4.69) is 17.5 Å². The Bertz CT molecular complexity index is 348. The van der Waals surface area contributed by atoms with Crippen LogP contribution in [0.15, 0.2) is 36.9 Å². The highest BCUT2D eigenvalue weighted by atomic mass is 16.3. The van der Waals surface area contributed by atoms with Gasteiger partial charge in [0, 0.05) is 24.3 Å². The molecule has 1 aliphatic heterocycles. The fourth-order valence-corrected chi connectivity index (χ4v) is 2.09. The van der Waals surface area contributed by atoms with Crippen molar-refractivity contribution in [3.8, 4) is 0 Å². The van der Waals surface area contributed by atoms with Gasteiger partial charge in [-0.1, -0.05) is 24.3 Å². The highest BCUT2D eigenvalue weighted by Crippen LogP contribution is 2.33. The van der Waals surface area contributed by atoms with Crippen LogP contribution in [0.4, 0.5) is 5.69 Å². The van der Waals surface area contributed by atoms with Gasteiger partial charge in [0.15, 0.2) is 0 Å². The number of aliphatic hydroxyl groups is 1. The predicted octanol–water partition coefficient (Wildman–Crippen LogP) is 2.51. The summed E-state index contributed by atoms with van der Waals surface area (Å²) < 4.78 is 0. The van der Waals surface area contributed by atoms with Crippen molar-refractivity contribution in [3.05, 3.63) is 42.5 Å². The van der Waals surface area contributed by atoms with E-state index in [1.54, 1.807) is 0 Å². The van der Waals surface area contributed by atoms with Crippen LogP contribution in [0.2, 0.25) is 0 Å². The van der Waals surface area contributed by atoms with Crippen molar-refractivity contribution in [1.82, 2.24) is 0 Å². The zero-order valence-corrected chi connectivity index (χ0v) is 8.89. The second-order valence-corrected chi connectivity index (χ2v) is 3.93. The summed E-state index contributed by atoms with van der Waals surface area (Å²) in [6.45, 7) is 5.67. The smallest absolute Gasteiger partial charge is 0.0826 e. The lowest BCUT2D eigenvalue weighted by Crippen LogP contribution is -2.31. The van der Waals surface area contributed by atoms with Crippen molar-refractivity contribution in [2.75, 3.05) is 18.0 Å². The molecule has 1 aromatic carbocycles. The Balaban J connectivity index is 2.23. The summed E-state index contributed by atoms with van der Waals surface area (Å²) in [5.41, 5.74) is 2.24. The summed E-state index contributed by atoms with van der Waals surface area (Å²) in [7, 11) is 0. The second kappa shape index (κ2) is 4.49. The minimum Gasteiger partial charge on any atom is -0.388 e. The van der Waals surface area contributed by atoms with E-state index in [1.165, 1.54) is 5.69 Å². The predicted molar refractivity (Wildman–Crippen MR) is 63.0 cm³/mol. The first-order valence-electron chi connectivity index (χ1n) is 5.46. The number of hydrogen-bond acceptors (Lipinski definition) is 2. The number of aliphatic hydroxyl groups excluding tert-OH is 1. The van der Waals surface area contributed by atoms with Crippen LogP contribution in [0.1, 0.15) is 24.5 Å². The van der Waals surface area contributed by atoms with Gasteiger partial charge in [-0.15, -0.1) is 6.58 Å². The Hall–Kier alpha value is -1.28. The van der Waals surface area contributed by atoms with Crippen molar-refractivity contribution in [2.24, 2.45) is 0 Å². The molecule has 80 valence electrons. The van der Waals surface area contributed by atoms with E-state index in [0.717, 1.165) is 31.5 Å². The monoisotopic (exact) mass is 203 g/mol. The Morgan fingerprint density at radius 3 is 3.07 bits per heavy atom. The molecule has 1 heterocycles. The van der Waals surface area contributed by atoms with Gasteiger partial charge in [0.05, 0.1) is 6.10 Å². The van der Waals surface area contributed by atoms with Crippen molar-refractivity contribution >= 4 is 5.69 Å². The standard InChI is InChI=1S/C13H17NO/c1-2-3-9-14-10-8-13(15)11-6-4-5-7-12(11)14/h2,4-7,13,15H,1,3,8-10H2. The molecular formula is C13H17NO. The molecule has 0 bridgehead atoms. The third kappa shape index (κ3) is 2.05. The highest BCUT2D eigenvalue weighted by molar-refractivity contribution is 5.56. The summed E-state index contributed by atoms with van der Waals surface area (Å²) in [6.07, 6.45) is 3.47. The SMILES string of the molecule is C=CCCN1CCC(O)c2ccccc21. The van der Waals surface area contributed by atoms with Crippen LogP contribution in [0.3, 0.4) is 0 Å². The van der Waals surface area contributed by atoms with Gasteiger partial charge in [0.2, 0.25) is 0 Å². The first-order chi connectivity index (χ1) is 7.33. The minimum absolute atomic E-state index is 0.291. The van der Waals surface area contributed by atoms with Crippen LogP contribution >= 0.6 is 0 Å². The van der Waals surface area contributed by atoms with Crippen LogP contribution < -0.4 is 4.90 Å². The lowest BCUT2D eigenvalue weighted by Gasteiger charge is -2.33. The van der Waals surface area contributed by atoms with Crippen molar-refractivity contribution in [3.63, 3.8) is 0 Å². The number of fused-ring (bicyclic) bond motifs is 1. The molecule has 0 spiro atoms. The molecule has 1 N–H and O–H groups in total. The zero-order chi connectivity index (χ0) is 10.7. The lowest BCUT2D eigenvalue weighted by molar-refractivity contribution is 0.164. The molecular weight excluding hydrogens is 186 g/mol. The molecule has 2 heteroatoms. The van der Waals surface area contributed by atoms with E-state index in [0.29, 0.717) is 0 Å². The molecule has 0 saturated heterocycles. The molecule has 2 rings (SSSR count). The molecule has 2 nitrogen and oxygen atoms in total. The molecule has 0 aliphatic carbocycles. The molecule has 0 fully saturated rings. The molecule has 1 unspecified atom stereocenters. The largest absolute Gasteiger partial charge is 0.388 e. The minimum atomic E-state index is -0.291. The molecule has 1 aliphatic rings. The van der Waals surface area contributed by atoms with E-state index in [-0.39, 0.29) is 6.10 Å². The molecule has 1 aromatic rings. The fraction of sp³-hybridized carbons (Fsp3) is 0.385. The van der Waals surface area contributed by atoms with Crippen LogP contribution in [0.25, 0.3) is 0 Å². The van der Waals surface area contributed by atoms with E-state index < -0.39 is 0 Å². The normalized spacial score (nSPS) is 19.8. The van der Waals surface area contributed by atoms with Gasteiger partial charge in [0.1, 0.15) is 0 Å². The Labute approximate surface area is 90.8 Å². The Kier molecular flexibility index (Phi) is 3.07. The number of benzene rings is 1. The van der Waals surface area contributed by atoms with Crippen LogP contribution in [-0.4, -0.2) is 18.2 Å². The first kappa shape index (κ1) is 10.2. The first-order valence-corrected chi connectivity index (χ1v) is 5.46. The van der Waals surface area contributed by atoms with Gasteiger partial charge in [0.25, 0.3) is 0 Å². The molecule has 15 heavy (non-hydrogen) atoms. The van der Waals surface area contributed by atoms with E-state index in [1.807, 2.05) is 24.3 Å². The van der Waals surface area contributed by atoms with Crippen molar-refractivity contribution in [2.45, 2.75) is 18.9 Å². The quantitative estimate of drug-likeness (QED) is 0.763. The lowest BCUT2D eigenvalue weighted by atomic mass is 9.99. The summed E-state index contributed by atoms with van der Waals surface area (Å²) in [5.74, 6) is 0. The van der Waals surface area contributed by atoms with Crippen molar-refractivity contribution in [1.29, 1.82) is 0 Å². The maximum atomic E-state index is 9.86. The number of anilines is 1. The van der Waals surface area contributed by atoms with E-state index in [4.69, 9.17) is 0 Å². The number of para-hydroxylation sites is 1. The Morgan fingerprint density at radius 2 is 2.27 bits per heavy atom. The third-order valence-electron chi connectivity index (χ3n) is 2.91. The van der Waals surface area contributed by atoms with E-state index in [9.17, 15) is 5.11 Å². The van der Waals surface area contributed by atoms with Gasteiger partial charge < -0.3 is 10.0 Å². The molecule has 0 radical (unpaired) electrons. The number of nitrogens with zero attached hydrogens (tertiary/aromatic N) is 1. The molecule has 0 saturated carbocycles. The maximum Gasteiger partial charge on any atom is 0.0826 e. The summed E-state index contributed by atoms with van der Waals surface area (Å²) in [6, 6.07) is 8.11. The number of hydrogen-bond donors (Lipinski definition) is 1. The van der Waals surface area contributed by atoms with Gasteiger partial charge >= 0.3 is 0 Å². The zero-order valence-electron chi connectivity index (χ0n) is 8.89. The number of rotatable bonds is 3. The summed E-state index contributed by atoms with van der Waals surface area (Å²) >= 11 is 0. The van der Waals surface area contributed by atoms with Gasteiger partial charge in [-0.25, -0.2) is 0 Å². The van der Waals surface area contributed by atoms with Crippen molar-refractivity contribution < 1.29 is 5.11 Å². The molecule has 0 aromatic heterocycles. The van der Waals surface area contributed by atoms with E-state index >= 15 is 0 Å². The molecule has 0 amide bonds. The highest BCUT2D eigenvalue weighted by Gasteiger charge is 2.21. The molecule has 1 atom stereocenters. The van der Waals surface area contributed by atoms with Crippen LogP contribution in [0.5, 0.6) is 0 Å². The fourth-order valence-electron chi connectivity index (χ4n) is 2.09. The maximum absolute atomic E-state index is 9.86. The van der Waals surface area contributed by atoms with Gasteiger partial charge in [-0.2, -0.15) is 0 Å². The van der Waals surface area contributed by atoms with Crippen LogP contribution in [0, 0.1) is 0 Å².